The van der Waals surface area contributed by atoms with Crippen LogP contribution in [0.1, 0.15) is 109 Å². The summed E-state index contributed by atoms with van der Waals surface area (Å²) in [5.41, 5.74) is 5.53. The first-order valence-electron chi connectivity index (χ1n) is 17.4. The molecule has 8 heteroatoms. The second-order valence-electron chi connectivity index (χ2n) is 13.2. The van der Waals surface area contributed by atoms with E-state index in [1.54, 1.807) is 18.2 Å². The Morgan fingerprint density at radius 1 is 0.583 bits per heavy atom. The second-order valence-corrected chi connectivity index (χ2v) is 13.2. The molecule has 0 aliphatic heterocycles. The molecule has 2 aliphatic rings. The van der Waals surface area contributed by atoms with Crippen LogP contribution in [0.4, 0.5) is 9.59 Å². The normalized spacial score (nSPS) is 15.6. The molecule has 0 aromatic heterocycles. The predicted molar refractivity (Wildman–Crippen MR) is 186 cm³/mol. The van der Waals surface area contributed by atoms with Gasteiger partial charge in [0, 0.05) is 23.1 Å². The summed E-state index contributed by atoms with van der Waals surface area (Å²) in [5.74, 6) is 0.988. The van der Waals surface area contributed by atoms with Gasteiger partial charge >= 0.3 is 12.2 Å². The third kappa shape index (κ3) is 8.04. The number of hydrogen-bond acceptors (Lipinski definition) is 6. The minimum atomic E-state index is -0.588. The summed E-state index contributed by atoms with van der Waals surface area (Å²) in [6.07, 6.45) is 11.0. The largest absolute Gasteiger partial charge is 0.508 e. The van der Waals surface area contributed by atoms with Gasteiger partial charge in [-0.1, -0.05) is 99.2 Å². The van der Waals surface area contributed by atoms with E-state index in [1.165, 1.54) is 68.6 Å². The van der Waals surface area contributed by atoms with Crippen molar-refractivity contribution in [2.75, 3.05) is 0 Å². The van der Waals surface area contributed by atoms with Crippen molar-refractivity contribution >= 4 is 23.0 Å². The number of amides is 2. The molecule has 0 bridgehead atoms. The van der Waals surface area contributed by atoms with Crippen LogP contribution in [0.3, 0.4) is 0 Å². The maximum absolute atomic E-state index is 12.7. The number of ether oxygens (including phenoxy) is 2. The molecule has 0 unspecified atom stereocenters. The molecule has 4 N–H and O–H groups in total. The maximum Gasteiger partial charge on any atom is 0.407 e. The molecule has 4 aromatic carbocycles. The average Bonchev–Trinajstić information content (AvgIpc) is 3.13. The number of phenols is 2. The Kier molecular flexibility index (Phi) is 11.0. The maximum atomic E-state index is 12.7. The van der Waals surface area contributed by atoms with Gasteiger partial charge in [0.25, 0.3) is 0 Å². The zero-order valence-electron chi connectivity index (χ0n) is 27.5. The molecule has 0 heterocycles. The number of nitrogens with one attached hydrogen (secondary N) is 2. The van der Waals surface area contributed by atoms with Crippen molar-refractivity contribution in [1.82, 2.24) is 10.6 Å². The Bertz CT molecular complexity index is 1720. The summed E-state index contributed by atoms with van der Waals surface area (Å²) in [5, 5.41) is 28.3. The van der Waals surface area contributed by atoms with E-state index in [-0.39, 0.29) is 37.8 Å². The van der Waals surface area contributed by atoms with E-state index in [4.69, 9.17) is 9.47 Å². The van der Waals surface area contributed by atoms with E-state index in [1.807, 2.05) is 36.4 Å². The van der Waals surface area contributed by atoms with Crippen molar-refractivity contribution in [3.05, 3.63) is 106 Å². The lowest BCUT2D eigenvalue weighted by atomic mass is 9.82. The first-order chi connectivity index (χ1) is 23.5. The number of phenolic OH excluding ortho intramolecular Hbond substituents is 2. The van der Waals surface area contributed by atoms with Crippen LogP contribution in [-0.2, 0) is 35.8 Å². The fourth-order valence-corrected chi connectivity index (χ4v) is 7.49. The fraction of sp³-hybridized carbons (Fsp3) is 0.400. The first kappa shape index (κ1) is 33.2. The topological polar surface area (TPSA) is 117 Å². The molecule has 2 amide bonds. The molecule has 0 spiro atoms. The number of hydrogen-bond donors (Lipinski definition) is 4. The van der Waals surface area contributed by atoms with E-state index in [2.05, 4.69) is 22.8 Å². The van der Waals surface area contributed by atoms with Crippen LogP contribution in [0, 0.1) is 0 Å². The lowest BCUT2D eigenvalue weighted by Crippen LogP contribution is -2.24. The van der Waals surface area contributed by atoms with Gasteiger partial charge in [-0.15, -0.1) is 0 Å². The number of benzene rings is 4. The first-order valence-corrected chi connectivity index (χ1v) is 17.4. The molecule has 8 nitrogen and oxygen atoms in total. The summed E-state index contributed by atoms with van der Waals surface area (Å²) < 4.78 is 11.1. The highest BCUT2D eigenvalue weighted by Crippen LogP contribution is 2.37. The average molecular weight is 651 g/mol. The van der Waals surface area contributed by atoms with Gasteiger partial charge in [0.1, 0.15) is 24.7 Å². The predicted octanol–water partition coefficient (Wildman–Crippen LogP) is 9.20. The SMILES string of the molecule is O=C(NCc1ccc2c(CNC(=O)OCc3ccccc3C3CCCCC3)c(O)ccc2c1O)OCc1ccccc1C1CCCCC1. The number of carbonyl (C=O) groups excluding carboxylic acids is 2. The standard InChI is InChI=1S/C40H46N2O6/c43-37-22-21-35-34(36(37)24-42-40(46)48-26-31-16-8-10-18-33(31)28-13-5-2-6-14-28)20-19-29(38(35)44)23-41-39(45)47-25-30-15-7-9-17-32(30)27-11-3-1-4-12-27/h7-10,15-22,27-28,43-44H,1-6,11-14,23-26H2,(H,41,45)(H,42,46). The van der Waals surface area contributed by atoms with Crippen LogP contribution in [0.2, 0.25) is 0 Å². The fourth-order valence-electron chi connectivity index (χ4n) is 7.49. The molecule has 4 aromatic rings. The highest BCUT2D eigenvalue weighted by Gasteiger charge is 2.21. The van der Waals surface area contributed by atoms with Crippen molar-refractivity contribution < 1.29 is 29.3 Å². The highest BCUT2D eigenvalue weighted by atomic mass is 16.6. The molecule has 252 valence electrons. The van der Waals surface area contributed by atoms with Crippen LogP contribution >= 0.6 is 0 Å². The smallest absolute Gasteiger partial charge is 0.407 e. The summed E-state index contributed by atoms with van der Waals surface area (Å²) in [4.78, 5) is 25.4. The van der Waals surface area contributed by atoms with Crippen molar-refractivity contribution in [2.24, 2.45) is 0 Å². The van der Waals surface area contributed by atoms with Gasteiger partial charge in [-0.05, 0) is 77.3 Å². The monoisotopic (exact) mass is 650 g/mol. The van der Waals surface area contributed by atoms with Crippen LogP contribution in [0.15, 0.2) is 72.8 Å². The summed E-state index contributed by atoms with van der Waals surface area (Å²) >= 11 is 0. The van der Waals surface area contributed by atoms with Crippen LogP contribution in [0.5, 0.6) is 11.5 Å². The molecular weight excluding hydrogens is 604 g/mol. The Hall–Kier alpha value is -4.72. The van der Waals surface area contributed by atoms with Gasteiger partial charge in [0.15, 0.2) is 0 Å². The minimum Gasteiger partial charge on any atom is -0.508 e. The van der Waals surface area contributed by atoms with E-state index >= 15 is 0 Å². The van der Waals surface area contributed by atoms with Gasteiger partial charge in [-0.25, -0.2) is 9.59 Å². The third-order valence-corrected chi connectivity index (χ3v) is 10.1. The van der Waals surface area contributed by atoms with Crippen LogP contribution < -0.4 is 10.6 Å². The summed E-state index contributed by atoms with van der Waals surface area (Å²) in [7, 11) is 0. The van der Waals surface area contributed by atoms with Gasteiger partial charge in [-0.2, -0.15) is 0 Å². The number of alkyl carbamates (subject to hydrolysis) is 2. The second kappa shape index (κ2) is 15.9. The summed E-state index contributed by atoms with van der Waals surface area (Å²) in [6, 6.07) is 22.9. The van der Waals surface area contributed by atoms with Gasteiger partial charge in [0.05, 0.1) is 6.54 Å². The van der Waals surface area contributed by atoms with Gasteiger partial charge < -0.3 is 30.3 Å². The van der Waals surface area contributed by atoms with Gasteiger partial charge in [-0.3, -0.25) is 0 Å². The third-order valence-electron chi connectivity index (χ3n) is 10.1. The zero-order valence-corrected chi connectivity index (χ0v) is 27.5. The van der Waals surface area contributed by atoms with Gasteiger partial charge in [0.2, 0.25) is 0 Å². The Morgan fingerprint density at radius 3 is 1.65 bits per heavy atom. The molecule has 0 saturated heterocycles. The number of rotatable bonds is 10. The number of aromatic hydroxyl groups is 2. The van der Waals surface area contributed by atoms with E-state index in [0.29, 0.717) is 33.7 Å². The van der Waals surface area contributed by atoms with Crippen molar-refractivity contribution in [2.45, 2.75) is 102 Å². The van der Waals surface area contributed by atoms with E-state index < -0.39 is 12.2 Å². The molecular formula is C40H46N2O6. The molecule has 48 heavy (non-hydrogen) atoms. The van der Waals surface area contributed by atoms with Crippen molar-refractivity contribution in [3.8, 4) is 11.5 Å². The molecule has 0 atom stereocenters. The lowest BCUT2D eigenvalue weighted by molar-refractivity contribution is 0.137. The Morgan fingerprint density at radius 2 is 1.08 bits per heavy atom. The molecule has 2 fully saturated rings. The Labute approximate surface area is 282 Å². The molecule has 2 aliphatic carbocycles. The zero-order chi connectivity index (χ0) is 33.3. The van der Waals surface area contributed by atoms with Crippen molar-refractivity contribution in [1.29, 1.82) is 0 Å². The number of fused-ring (bicyclic) bond motifs is 1. The quantitative estimate of drug-likeness (QED) is 0.136. The van der Waals surface area contributed by atoms with Crippen molar-refractivity contribution in [3.63, 3.8) is 0 Å². The number of carbonyl (C=O) groups is 2. The highest BCUT2D eigenvalue weighted by molar-refractivity contribution is 5.93. The van der Waals surface area contributed by atoms with E-state index in [0.717, 1.165) is 24.0 Å². The lowest BCUT2D eigenvalue weighted by Gasteiger charge is -2.24. The minimum absolute atomic E-state index is 0.00666. The molecule has 6 rings (SSSR count). The molecule has 0 radical (unpaired) electrons. The molecule has 2 saturated carbocycles. The summed E-state index contributed by atoms with van der Waals surface area (Å²) in [6.45, 7) is 0.436. The van der Waals surface area contributed by atoms with E-state index in [9.17, 15) is 19.8 Å². The Balaban J connectivity index is 1.04. The van der Waals surface area contributed by atoms with Crippen LogP contribution in [0.25, 0.3) is 10.8 Å². The van der Waals surface area contributed by atoms with Crippen LogP contribution in [-0.4, -0.2) is 22.4 Å².